The number of hydrogen-bond acceptors (Lipinski definition) is 9. The van der Waals surface area contributed by atoms with Gasteiger partial charge in [0.2, 0.25) is 0 Å². The number of aromatic nitrogens is 2. The second kappa shape index (κ2) is 11.0. The first kappa shape index (κ1) is 22.2. The van der Waals surface area contributed by atoms with Crippen molar-refractivity contribution < 1.29 is 28.6 Å². The third-order valence-electron chi connectivity index (χ3n) is 4.53. The first-order valence-electron chi connectivity index (χ1n) is 10.2. The summed E-state index contributed by atoms with van der Waals surface area (Å²) in [6, 6.07) is 10.2. The van der Waals surface area contributed by atoms with Gasteiger partial charge in [0.25, 0.3) is 0 Å². The van der Waals surface area contributed by atoms with Gasteiger partial charge in [0.05, 0.1) is 50.1 Å². The van der Waals surface area contributed by atoms with Crippen molar-refractivity contribution in [1.82, 2.24) is 14.4 Å². The van der Waals surface area contributed by atoms with Gasteiger partial charge in [-0.25, -0.2) is 14.6 Å². The summed E-state index contributed by atoms with van der Waals surface area (Å²) in [6.45, 7) is 2.62. The summed E-state index contributed by atoms with van der Waals surface area (Å²) in [4.78, 5) is 35.0. The van der Waals surface area contributed by atoms with Crippen LogP contribution >= 0.6 is 11.3 Å². The van der Waals surface area contributed by atoms with Gasteiger partial charge in [-0.1, -0.05) is 41.7 Å². The molecule has 0 spiro atoms. The Kier molecular flexibility index (Phi) is 7.62. The minimum absolute atomic E-state index is 0.0715. The van der Waals surface area contributed by atoms with E-state index in [1.807, 2.05) is 35.0 Å². The van der Waals surface area contributed by atoms with E-state index in [4.69, 9.17) is 19.0 Å². The summed E-state index contributed by atoms with van der Waals surface area (Å²) >= 11 is 1.61. The number of thiazole rings is 1. The summed E-state index contributed by atoms with van der Waals surface area (Å²) in [6.07, 6.45) is 6.05. The van der Waals surface area contributed by atoms with Crippen LogP contribution < -0.4 is 0 Å². The highest BCUT2D eigenvalue weighted by Crippen LogP contribution is 2.28. The number of imidazole rings is 1. The molecule has 4 rings (SSSR count). The minimum Gasteiger partial charge on any atom is -0.460 e. The number of hydroxylamine groups is 2. The first-order chi connectivity index (χ1) is 15.7. The zero-order valence-corrected chi connectivity index (χ0v) is 18.2. The van der Waals surface area contributed by atoms with Gasteiger partial charge in [0.1, 0.15) is 6.61 Å². The van der Waals surface area contributed by atoms with Crippen LogP contribution in [0.15, 0.2) is 54.9 Å². The van der Waals surface area contributed by atoms with Crippen molar-refractivity contribution in [3.8, 4) is 10.4 Å². The molecule has 3 aromatic rings. The van der Waals surface area contributed by atoms with Crippen LogP contribution in [0.4, 0.5) is 0 Å². The average Bonchev–Trinajstić information content (AvgIpc) is 3.38. The van der Waals surface area contributed by atoms with Crippen molar-refractivity contribution in [3.63, 3.8) is 0 Å². The Balaban J connectivity index is 1.14. The van der Waals surface area contributed by atoms with Gasteiger partial charge in [-0.2, -0.15) is 0 Å². The number of ether oxygens (including phenoxy) is 3. The summed E-state index contributed by atoms with van der Waals surface area (Å²) in [5.74, 6) is -1.27. The van der Waals surface area contributed by atoms with E-state index < -0.39 is 11.9 Å². The third-order valence-corrected chi connectivity index (χ3v) is 5.58. The molecule has 1 fully saturated rings. The molecule has 3 heterocycles. The van der Waals surface area contributed by atoms with Crippen LogP contribution in [0.3, 0.4) is 0 Å². The highest BCUT2D eigenvalue weighted by molar-refractivity contribution is 7.20. The topological polar surface area (TPSA) is 91.6 Å². The molecule has 32 heavy (non-hydrogen) atoms. The van der Waals surface area contributed by atoms with E-state index in [9.17, 15) is 9.59 Å². The SMILES string of the molecule is O=C(/C=C\C(=O)ON1CCOCC1)OCCOCc1cn2cc(-c3ccccc3)sc2n1. The number of carbonyl (C=O) groups is 2. The van der Waals surface area contributed by atoms with Crippen LogP contribution in [-0.4, -0.2) is 65.9 Å². The maximum atomic E-state index is 11.7. The lowest BCUT2D eigenvalue weighted by Gasteiger charge is -2.24. The van der Waals surface area contributed by atoms with E-state index in [-0.39, 0.29) is 13.2 Å². The van der Waals surface area contributed by atoms with Gasteiger partial charge < -0.3 is 19.0 Å². The van der Waals surface area contributed by atoms with Gasteiger partial charge in [0.15, 0.2) is 4.96 Å². The molecule has 0 atom stereocenters. The van der Waals surface area contributed by atoms with Crippen LogP contribution in [-0.2, 0) is 35.2 Å². The van der Waals surface area contributed by atoms with E-state index in [2.05, 4.69) is 17.1 Å². The second-order valence-corrected chi connectivity index (χ2v) is 7.90. The molecule has 0 saturated carbocycles. The lowest BCUT2D eigenvalue weighted by Crippen LogP contribution is -2.37. The van der Waals surface area contributed by atoms with Crippen molar-refractivity contribution in [2.75, 3.05) is 39.5 Å². The zero-order valence-electron chi connectivity index (χ0n) is 17.3. The predicted octanol–water partition coefficient (Wildman–Crippen LogP) is 2.47. The molecule has 10 heteroatoms. The molecular formula is C22H23N3O6S. The molecule has 1 aromatic carbocycles. The highest BCUT2D eigenvalue weighted by atomic mass is 32.1. The fraction of sp³-hybridized carbons (Fsp3) is 0.318. The standard InChI is InChI=1S/C22H23N3O6S/c26-20(6-7-21(27)31-25-8-10-28-11-9-25)30-13-12-29-16-18-14-24-15-19(32-22(24)23-18)17-4-2-1-3-5-17/h1-7,14-15H,8-13,16H2/b7-6-. The maximum Gasteiger partial charge on any atom is 0.349 e. The van der Waals surface area contributed by atoms with Gasteiger partial charge in [-0.15, -0.1) is 5.06 Å². The molecule has 0 radical (unpaired) electrons. The van der Waals surface area contributed by atoms with Crippen LogP contribution in [0.5, 0.6) is 0 Å². The smallest absolute Gasteiger partial charge is 0.349 e. The summed E-state index contributed by atoms with van der Waals surface area (Å²) in [5, 5.41) is 1.50. The van der Waals surface area contributed by atoms with E-state index in [1.165, 1.54) is 5.06 Å². The normalized spacial score (nSPS) is 14.8. The Bertz CT molecular complexity index is 1040. The molecule has 2 aromatic heterocycles. The van der Waals surface area contributed by atoms with Gasteiger partial charge in [-0.05, 0) is 5.56 Å². The lowest BCUT2D eigenvalue weighted by atomic mass is 10.2. The Morgan fingerprint density at radius 2 is 1.84 bits per heavy atom. The Labute approximate surface area is 188 Å². The van der Waals surface area contributed by atoms with E-state index in [0.717, 1.165) is 33.2 Å². The Morgan fingerprint density at radius 3 is 2.62 bits per heavy atom. The number of rotatable bonds is 9. The van der Waals surface area contributed by atoms with E-state index in [1.54, 1.807) is 11.3 Å². The van der Waals surface area contributed by atoms with Crippen molar-refractivity contribution in [2.24, 2.45) is 0 Å². The fourth-order valence-corrected chi connectivity index (χ4v) is 4.00. The molecule has 0 bridgehead atoms. The molecule has 9 nitrogen and oxygen atoms in total. The molecule has 0 N–H and O–H groups in total. The van der Waals surface area contributed by atoms with Crippen LogP contribution in [0.1, 0.15) is 5.69 Å². The zero-order chi connectivity index (χ0) is 22.2. The van der Waals surface area contributed by atoms with Crippen molar-refractivity contribution in [3.05, 3.63) is 60.6 Å². The summed E-state index contributed by atoms with van der Waals surface area (Å²) in [7, 11) is 0. The molecular weight excluding hydrogens is 434 g/mol. The van der Waals surface area contributed by atoms with Crippen LogP contribution in [0, 0.1) is 0 Å². The monoisotopic (exact) mass is 457 g/mol. The predicted molar refractivity (Wildman–Crippen MR) is 117 cm³/mol. The van der Waals surface area contributed by atoms with Gasteiger partial charge >= 0.3 is 11.9 Å². The largest absolute Gasteiger partial charge is 0.460 e. The Morgan fingerprint density at radius 1 is 1.06 bits per heavy atom. The number of nitrogens with zero attached hydrogens (tertiary/aromatic N) is 3. The third kappa shape index (κ3) is 6.24. The van der Waals surface area contributed by atoms with Crippen LogP contribution in [0.25, 0.3) is 15.4 Å². The fourth-order valence-electron chi connectivity index (χ4n) is 3.01. The summed E-state index contributed by atoms with van der Waals surface area (Å²) < 4.78 is 17.7. The number of hydrogen-bond donors (Lipinski definition) is 0. The Hall–Kier alpha value is -3.05. The van der Waals surface area contributed by atoms with Gasteiger partial charge in [-0.3, -0.25) is 4.40 Å². The minimum atomic E-state index is -0.636. The molecule has 0 aliphatic carbocycles. The van der Waals surface area contributed by atoms with Crippen molar-refractivity contribution in [2.45, 2.75) is 6.61 Å². The lowest BCUT2D eigenvalue weighted by molar-refractivity contribution is -0.199. The van der Waals surface area contributed by atoms with E-state index in [0.29, 0.717) is 32.9 Å². The first-order valence-corrected chi connectivity index (χ1v) is 11.0. The number of carbonyl (C=O) groups excluding carboxylic acids is 2. The molecule has 1 aliphatic rings. The quantitative estimate of drug-likeness (QED) is 0.275. The number of morpholine rings is 1. The number of benzene rings is 1. The molecule has 168 valence electrons. The van der Waals surface area contributed by atoms with Crippen LogP contribution in [0.2, 0.25) is 0 Å². The number of esters is 1. The molecule has 1 aliphatic heterocycles. The molecule has 1 saturated heterocycles. The molecule has 0 unspecified atom stereocenters. The van der Waals surface area contributed by atoms with E-state index >= 15 is 0 Å². The van der Waals surface area contributed by atoms with Crippen molar-refractivity contribution >= 4 is 28.2 Å². The maximum absolute atomic E-state index is 11.7. The summed E-state index contributed by atoms with van der Waals surface area (Å²) in [5.41, 5.74) is 1.96. The second-order valence-electron chi connectivity index (χ2n) is 6.89. The van der Waals surface area contributed by atoms with Crippen molar-refractivity contribution in [1.29, 1.82) is 0 Å². The number of fused-ring (bicyclic) bond motifs is 1. The average molecular weight is 458 g/mol. The van der Waals surface area contributed by atoms with Gasteiger partial charge in [0, 0.05) is 24.5 Å². The highest BCUT2D eigenvalue weighted by Gasteiger charge is 2.14. The molecule has 0 amide bonds.